The maximum atomic E-state index is 10.8. The van der Waals surface area contributed by atoms with Gasteiger partial charge in [0, 0.05) is 20.8 Å². The molecule has 0 aromatic carbocycles. The van der Waals surface area contributed by atoms with Gasteiger partial charge in [-0.2, -0.15) is 0 Å². The number of ether oxygens (including phenoxy) is 2. The Bertz CT molecular complexity index is 338. The molecule has 0 aliphatic carbocycles. The minimum Gasteiger partial charge on any atom is -0.385 e. The summed E-state index contributed by atoms with van der Waals surface area (Å²) in [7, 11) is 3.23. The molecule has 0 fully saturated rings. The van der Waals surface area contributed by atoms with E-state index < -0.39 is 0 Å². The molecule has 1 atom stereocenters. The summed E-state index contributed by atoms with van der Waals surface area (Å²) in [5.74, 6) is 0. The van der Waals surface area contributed by atoms with Crippen molar-refractivity contribution in [1.82, 2.24) is 15.0 Å². The molecule has 0 amide bonds. The molecule has 90 valence electrons. The third-order valence-corrected chi connectivity index (χ3v) is 2.37. The van der Waals surface area contributed by atoms with Crippen LogP contribution >= 0.6 is 0 Å². The molecule has 0 N–H and O–H groups in total. The van der Waals surface area contributed by atoms with Crippen molar-refractivity contribution in [3.05, 3.63) is 11.4 Å². The van der Waals surface area contributed by atoms with Gasteiger partial charge in [0.05, 0.1) is 18.3 Å². The van der Waals surface area contributed by atoms with Gasteiger partial charge >= 0.3 is 0 Å². The average Bonchev–Trinajstić information content (AvgIpc) is 2.69. The quantitative estimate of drug-likeness (QED) is 0.645. The van der Waals surface area contributed by atoms with E-state index in [-0.39, 0.29) is 6.04 Å². The molecule has 0 spiro atoms. The van der Waals surface area contributed by atoms with Crippen LogP contribution in [0.25, 0.3) is 0 Å². The highest BCUT2D eigenvalue weighted by Gasteiger charge is 2.16. The molecule has 0 saturated carbocycles. The second-order valence-electron chi connectivity index (χ2n) is 3.55. The number of rotatable bonds is 7. The van der Waals surface area contributed by atoms with Crippen LogP contribution in [0.4, 0.5) is 0 Å². The zero-order valence-corrected chi connectivity index (χ0v) is 9.84. The number of hydrogen-bond donors (Lipinski definition) is 0. The number of carbonyl (C=O) groups excluding carboxylic acids is 1. The van der Waals surface area contributed by atoms with Crippen molar-refractivity contribution >= 4 is 6.29 Å². The summed E-state index contributed by atoms with van der Waals surface area (Å²) in [6.07, 6.45) is 1.51. The second kappa shape index (κ2) is 6.34. The monoisotopic (exact) mass is 227 g/mol. The van der Waals surface area contributed by atoms with Crippen LogP contribution in [0.1, 0.15) is 35.6 Å². The minimum absolute atomic E-state index is 0.131. The van der Waals surface area contributed by atoms with E-state index in [2.05, 4.69) is 10.3 Å². The van der Waals surface area contributed by atoms with Crippen molar-refractivity contribution in [2.24, 2.45) is 0 Å². The van der Waals surface area contributed by atoms with Crippen molar-refractivity contribution in [2.45, 2.75) is 26.0 Å². The van der Waals surface area contributed by atoms with Crippen molar-refractivity contribution in [3.63, 3.8) is 0 Å². The molecular formula is C10H17N3O3. The zero-order chi connectivity index (χ0) is 12.0. The molecule has 1 heterocycles. The molecule has 1 rings (SSSR count). The first-order valence-electron chi connectivity index (χ1n) is 5.11. The van der Waals surface area contributed by atoms with Gasteiger partial charge in [-0.1, -0.05) is 5.21 Å². The first-order chi connectivity index (χ1) is 7.74. The predicted octanol–water partition coefficient (Wildman–Crippen LogP) is 0.834. The molecule has 1 aromatic rings. The lowest BCUT2D eigenvalue weighted by atomic mass is 10.2. The van der Waals surface area contributed by atoms with Crippen LogP contribution < -0.4 is 0 Å². The molecule has 0 aliphatic heterocycles. The largest absolute Gasteiger partial charge is 0.385 e. The van der Waals surface area contributed by atoms with Crippen LogP contribution in [-0.4, -0.2) is 42.1 Å². The number of hydrogen-bond acceptors (Lipinski definition) is 5. The van der Waals surface area contributed by atoms with Crippen LogP contribution in [-0.2, 0) is 16.1 Å². The van der Waals surface area contributed by atoms with Crippen molar-refractivity contribution < 1.29 is 14.3 Å². The van der Waals surface area contributed by atoms with E-state index >= 15 is 0 Å². The Balaban J connectivity index is 2.85. The highest BCUT2D eigenvalue weighted by molar-refractivity contribution is 5.73. The van der Waals surface area contributed by atoms with Crippen molar-refractivity contribution in [2.75, 3.05) is 20.8 Å². The topological polar surface area (TPSA) is 66.2 Å². The normalized spacial score (nSPS) is 12.7. The van der Waals surface area contributed by atoms with Crippen LogP contribution in [0.5, 0.6) is 0 Å². The Morgan fingerprint density at radius 3 is 2.75 bits per heavy atom. The van der Waals surface area contributed by atoms with E-state index in [0.717, 1.165) is 6.42 Å². The highest BCUT2D eigenvalue weighted by Crippen LogP contribution is 2.15. The van der Waals surface area contributed by atoms with Crippen molar-refractivity contribution in [3.8, 4) is 0 Å². The molecule has 1 unspecified atom stereocenters. The van der Waals surface area contributed by atoms with Gasteiger partial charge in [-0.3, -0.25) is 4.79 Å². The number of aromatic nitrogens is 3. The average molecular weight is 227 g/mol. The summed E-state index contributed by atoms with van der Waals surface area (Å²) in [6.45, 7) is 2.98. The van der Waals surface area contributed by atoms with E-state index in [1.165, 1.54) is 0 Å². The molecule has 16 heavy (non-hydrogen) atoms. The van der Waals surface area contributed by atoms with Gasteiger partial charge in [-0.05, 0) is 13.3 Å². The standard InChI is InChI=1S/C10H17N3O3/c1-8(4-5-15-2)13-10(7-16-3)9(6-14)11-12-13/h6,8H,4-5,7H2,1-3H3. The molecule has 0 radical (unpaired) electrons. The second-order valence-corrected chi connectivity index (χ2v) is 3.55. The molecule has 0 bridgehead atoms. The summed E-state index contributed by atoms with van der Waals surface area (Å²) in [5.41, 5.74) is 1.05. The number of methoxy groups -OCH3 is 2. The number of aldehydes is 1. The van der Waals surface area contributed by atoms with Gasteiger partial charge in [0.25, 0.3) is 0 Å². The van der Waals surface area contributed by atoms with Crippen LogP contribution in [0.2, 0.25) is 0 Å². The third kappa shape index (κ3) is 2.86. The molecule has 0 saturated heterocycles. The summed E-state index contributed by atoms with van der Waals surface area (Å²) >= 11 is 0. The van der Waals surface area contributed by atoms with Gasteiger partial charge in [-0.15, -0.1) is 5.10 Å². The summed E-state index contributed by atoms with van der Waals surface area (Å²) in [4.78, 5) is 10.8. The molecular weight excluding hydrogens is 210 g/mol. The Labute approximate surface area is 94.5 Å². The molecule has 6 nitrogen and oxygen atoms in total. The van der Waals surface area contributed by atoms with Crippen molar-refractivity contribution in [1.29, 1.82) is 0 Å². The van der Waals surface area contributed by atoms with E-state index in [0.29, 0.717) is 30.9 Å². The maximum absolute atomic E-state index is 10.8. The molecule has 6 heteroatoms. The van der Waals surface area contributed by atoms with E-state index in [1.807, 2.05) is 6.92 Å². The maximum Gasteiger partial charge on any atom is 0.172 e. The number of nitrogens with zero attached hydrogens (tertiary/aromatic N) is 3. The Kier molecular flexibility index (Phi) is 5.07. The smallest absolute Gasteiger partial charge is 0.172 e. The van der Waals surface area contributed by atoms with Gasteiger partial charge in [0.1, 0.15) is 0 Å². The van der Waals surface area contributed by atoms with Crippen LogP contribution in [0.15, 0.2) is 0 Å². The lowest BCUT2D eigenvalue weighted by molar-refractivity contribution is 0.111. The summed E-state index contributed by atoms with van der Waals surface area (Å²) in [5, 5.41) is 7.76. The van der Waals surface area contributed by atoms with Gasteiger partial charge in [-0.25, -0.2) is 4.68 Å². The van der Waals surface area contributed by atoms with E-state index in [9.17, 15) is 4.79 Å². The Morgan fingerprint density at radius 1 is 1.44 bits per heavy atom. The Morgan fingerprint density at radius 2 is 2.19 bits per heavy atom. The van der Waals surface area contributed by atoms with E-state index in [4.69, 9.17) is 9.47 Å². The SMILES string of the molecule is COCCC(C)n1nnc(C=O)c1COC. The fourth-order valence-electron chi connectivity index (χ4n) is 1.46. The fraction of sp³-hybridized carbons (Fsp3) is 0.700. The molecule has 1 aromatic heterocycles. The predicted molar refractivity (Wildman–Crippen MR) is 57.3 cm³/mol. The van der Waals surface area contributed by atoms with Crippen LogP contribution in [0.3, 0.4) is 0 Å². The summed E-state index contributed by atoms with van der Waals surface area (Å²) in [6, 6.07) is 0.131. The Hall–Kier alpha value is -1.27. The van der Waals surface area contributed by atoms with Gasteiger partial charge in [0.2, 0.25) is 0 Å². The zero-order valence-electron chi connectivity index (χ0n) is 9.84. The van der Waals surface area contributed by atoms with Crippen LogP contribution in [0, 0.1) is 0 Å². The van der Waals surface area contributed by atoms with Gasteiger partial charge < -0.3 is 9.47 Å². The first-order valence-corrected chi connectivity index (χ1v) is 5.11. The molecule has 0 aliphatic rings. The summed E-state index contributed by atoms with van der Waals surface area (Å²) < 4.78 is 11.8. The number of carbonyl (C=O) groups is 1. The minimum atomic E-state index is 0.131. The lowest BCUT2D eigenvalue weighted by Gasteiger charge is -2.13. The van der Waals surface area contributed by atoms with Gasteiger partial charge in [0.15, 0.2) is 12.0 Å². The lowest BCUT2D eigenvalue weighted by Crippen LogP contribution is -2.13. The van der Waals surface area contributed by atoms with E-state index in [1.54, 1.807) is 18.9 Å². The highest BCUT2D eigenvalue weighted by atomic mass is 16.5. The fourth-order valence-corrected chi connectivity index (χ4v) is 1.46. The first kappa shape index (κ1) is 12.8. The third-order valence-electron chi connectivity index (χ3n) is 2.37.